The van der Waals surface area contributed by atoms with E-state index in [1.54, 1.807) is 22.4 Å². The number of para-hydroxylation sites is 1. The molecule has 0 saturated carbocycles. The minimum atomic E-state index is -0.286. The van der Waals surface area contributed by atoms with Crippen LogP contribution in [0.2, 0.25) is 5.02 Å². The van der Waals surface area contributed by atoms with Gasteiger partial charge >= 0.3 is 0 Å². The van der Waals surface area contributed by atoms with Crippen LogP contribution in [0.4, 0.5) is 5.82 Å². The SMILES string of the molecule is Cc1ccccc1-n1nc(-c2cccs2)c2c1N(CC(=O)NCc1ccccn1)C(=O)CS[C@@H]2c1ccccc1Cl. The fraction of sp³-hybridized carbons (Fsp3) is 0.161. The number of nitrogens with one attached hydrogen (secondary N) is 1. The first-order valence-electron chi connectivity index (χ1n) is 13.1. The molecule has 4 heterocycles. The van der Waals surface area contributed by atoms with Crippen molar-refractivity contribution < 1.29 is 9.59 Å². The lowest BCUT2D eigenvalue weighted by Gasteiger charge is -2.23. The van der Waals surface area contributed by atoms with E-state index in [1.165, 1.54) is 11.8 Å². The van der Waals surface area contributed by atoms with Gasteiger partial charge in [0.15, 0.2) is 0 Å². The first kappa shape index (κ1) is 27.3. The molecule has 10 heteroatoms. The van der Waals surface area contributed by atoms with Gasteiger partial charge in [0.25, 0.3) is 0 Å². The summed E-state index contributed by atoms with van der Waals surface area (Å²) in [5, 5.41) is 10.4. The molecule has 206 valence electrons. The molecule has 2 amide bonds. The Kier molecular flexibility index (Phi) is 7.91. The zero-order valence-electron chi connectivity index (χ0n) is 22.2. The molecule has 6 rings (SSSR count). The maximum Gasteiger partial charge on any atom is 0.240 e. The summed E-state index contributed by atoms with van der Waals surface area (Å²) >= 11 is 9.84. The Morgan fingerprint density at radius 1 is 1.05 bits per heavy atom. The lowest BCUT2D eigenvalue weighted by molar-refractivity contribution is -0.123. The number of carbonyl (C=O) groups excluding carboxylic acids is 2. The number of nitrogens with zero attached hydrogens (tertiary/aromatic N) is 4. The first-order valence-corrected chi connectivity index (χ1v) is 15.4. The number of thioether (sulfide) groups is 1. The van der Waals surface area contributed by atoms with E-state index >= 15 is 0 Å². The van der Waals surface area contributed by atoms with Crippen LogP contribution in [-0.2, 0) is 16.1 Å². The summed E-state index contributed by atoms with van der Waals surface area (Å²) in [7, 11) is 0. The van der Waals surface area contributed by atoms with Gasteiger partial charge in [0.05, 0.1) is 33.8 Å². The van der Waals surface area contributed by atoms with Gasteiger partial charge < -0.3 is 5.32 Å². The molecule has 0 spiro atoms. The monoisotopic (exact) mass is 599 g/mol. The van der Waals surface area contributed by atoms with Crippen molar-refractivity contribution >= 4 is 52.3 Å². The molecule has 0 aliphatic carbocycles. The molecule has 1 N–H and O–H groups in total. The van der Waals surface area contributed by atoms with Gasteiger partial charge in [-0.25, -0.2) is 4.68 Å². The normalized spacial score (nSPS) is 14.9. The number of thiophene rings is 1. The third-order valence-corrected chi connectivity index (χ3v) is 9.33. The summed E-state index contributed by atoms with van der Waals surface area (Å²) in [6.07, 6.45) is 1.69. The number of aryl methyl sites for hydroxylation is 1. The second kappa shape index (κ2) is 11.9. The van der Waals surface area contributed by atoms with Crippen molar-refractivity contribution in [3.05, 3.63) is 118 Å². The number of hydrogen-bond acceptors (Lipinski definition) is 6. The number of pyridine rings is 1. The second-order valence-corrected chi connectivity index (χ2v) is 12.0. The van der Waals surface area contributed by atoms with Crippen LogP contribution in [0.5, 0.6) is 0 Å². The fourth-order valence-corrected chi connectivity index (χ4v) is 7.17. The Morgan fingerprint density at radius 3 is 2.61 bits per heavy atom. The van der Waals surface area contributed by atoms with Gasteiger partial charge in [-0.15, -0.1) is 23.1 Å². The molecular formula is C31H26ClN5O2S2. The third-order valence-electron chi connectivity index (χ3n) is 6.87. The number of carbonyl (C=O) groups is 2. The predicted octanol–water partition coefficient (Wildman–Crippen LogP) is 6.44. The van der Waals surface area contributed by atoms with Gasteiger partial charge in [0, 0.05) is 16.8 Å². The van der Waals surface area contributed by atoms with E-state index in [0.717, 1.165) is 38.6 Å². The molecule has 41 heavy (non-hydrogen) atoms. The van der Waals surface area contributed by atoms with E-state index in [4.69, 9.17) is 16.7 Å². The molecule has 0 bridgehead atoms. The van der Waals surface area contributed by atoms with Crippen LogP contribution in [-0.4, -0.2) is 38.9 Å². The van der Waals surface area contributed by atoms with Crippen molar-refractivity contribution in [2.24, 2.45) is 0 Å². The molecule has 0 fully saturated rings. The van der Waals surface area contributed by atoms with Crippen molar-refractivity contribution in [3.8, 4) is 16.3 Å². The van der Waals surface area contributed by atoms with Gasteiger partial charge in [-0.1, -0.05) is 60.1 Å². The van der Waals surface area contributed by atoms with Crippen LogP contribution in [0.15, 0.2) is 90.4 Å². The molecular weight excluding hydrogens is 574 g/mol. The summed E-state index contributed by atoms with van der Waals surface area (Å²) in [5.41, 5.74) is 5.10. The van der Waals surface area contributed by atoms with E-state index in [1.807, 2.05) is 95.8 Å². The summed E-state index contributed by atoms with van der Waals surface area (Å²) in [6, 6.07) is 25.2. The zero-order valence-corrected chi connectivity index (χ0v) is 24.5. The quantitative estimate of drug-likeness (QED) is 0.233. The summed E-state index contributed by atoms with van der Waals surface area (Å²) in [5.74, 6) is 0.295. The Morgan fingerprint density at radius 2 is 1.85 bits per heavy atom. The molecule has 7 nitrogen and oxygen atoms in total. The van der Waals surface area contributed by atoms with E-state index < -0.39 is 0 Å². The summed E-state index contributed by atoms with van der Waals surface area (Å²) in [6.45, 7) is 2.12. The van der Waals surface area contributed by atoms with E-state index in [0.29, 0.717) is 10.8 Å². The highest BCUT2D eigenvalue weighted by molar-refractivity contribution is 8.00. The number of amides is 2. The van der Waals surface area contributed by atoms with Crippen LogP contribution in [0, 0.1) is 6.92 Å². The van der Waals surface area contributed by atoms with Gasteiger partial charge in [-0.3, -0.25) is 19.5 Å². The van der Waals surface area contributed by atoms with Crippen molar-refractivity contribution in [1.82, 2.24) is 20.1 Å². The van der Waals surface area contributed by atoms with E-state index in [2.05, 4.69) is 10.3 Å². The highest BCUT2D eigenvalue weighted by Crippen LogP contribution is 2.50. The molecule has 2 aromatic carbocycles. The highest BCUT2D eigenvalue weighted by Gasteiger charge is 2.38. The minimum absolute atomic E-state index is 0.157. The Bertz CT molecular complexity index is 1710. The van der Waals surface area contributed by atoms with Crippen molar-refractivity contribution in [2.75, 3.05) is 17.2 Å². The van der Waals surface area contributed by atoms with Gasteiger partial charge in [-0.05, 0) is 53.8 Å². The maximum atomic E-state index is 13.9. The molecule has 0 radical (unpaired) electrons. The highest BCUT2D eigenvalue weighted by atomic mass is 35.5. The number of hydrogen-bond donors (Lipinski definition) is 1. The van der Waals surface area contributed by atoms with Crippen molar-refractivity contribution in [3.63, 3.8) is 0 Å². The number of rotatable bonds is 7. The second-order valence-electron chi connectivity index (χ2n) is 9.55. The van der Waals surface area contributed by atoms with Gasteiger partial charge in [-0.2, -0.15) is 5.10 Å². The third kappa shape index (κ3) is 5.53. The molecule has 0 saturated heterocycles. The lowest BCUT2D eigenvalue weighted by atomic mass is 10.0. The largest absolute Gasteiger partial charge is 0.349 e. The molecule has 3 aromatic heterocycles. The zero-order chi connectivity index (χ0) is 28.3. The minimum Gasteiger partial charge on any atom is -0.349 e. The van der Waals surface area contributed by atoms with E-state index in [-0.39, 0.29) is 35.9 Å². The van der Waals surface area contributed by atoms with Gasteiger partial charge in [0.1, 0.15) is 18.1 Å². The number of anilines is 1. The standard InChI is InChI=1S/C31H26ClN5O2S2/c1-20-9-2-5-13-24(20)37-31-28(29(35-37)25-14-8-16-40-25)30(22-11-3-4-12-23(22)32)41-19-27(39)36(31)18-26(38)34-17-21-10-6-7-15-33-21/h2-16,30H,17-19H2,1H3,(H,34,38)/t30-/m1/s1. The topological polar surface area (TPSA) is 80.1 Å². The van der Waals surface area contributed by atoms with Crippen LogP contribution in [0.25, 0.3) is 16.3 Å². The van der Waals surface area contributed by atoms with E-state index in [9.17, 15) is 9.59 Å². The Balaban J connectivity index is 1.52. The molecule has 1 aliphatic heterocycles. The Labute approximate surface area is 251 Å². The average Bonchev–Trinajstić information content (AvgIpc) is 3.63. The first-order chi connectivity index (χ1) is 20.0. The number of fused-ring (bicyclic) bond motifs is 1. The molecule has 0 unspecified atom stereocenters. The van der Waals surface area contributed by atoms with Gasteiger partial charge in [0.2, 0.25) is 11.8 Å². The van der Waals surface area contributed by atoms with Crippen molar-refractivity contribution in [2.45, 2.75) is 18.7 Å². The smallest absolute Gasteiger partial charge is 0.240 e. The number of benzene rings is 2. The van der Waals surface area contributed by atoms with Crippen LogP contribution >= 0.6 is 34.7 Å². The molecule has 1 atom stereocenters. The lowest BCUT2D eigenvalue weighted by Crippen LogP contribution is -2.42. The number of aromatic nitrogens is 3. The summed E-state index contributed by atoms with van der Waals surface area (Å²) < 4.78 is 1.82. The maximum absolute atomic E-state index is 13.9. The number of halogens is 1. The average molecular weight is 600 g/mol. The van der Waals surface area contributed by atoms with Crippen LogP contribution < -0.4 is 10.2 Å². The van der Waals surface area contributed by atoms with Crippen molar-refractivity contribution in [1.29, 1.82) is 0 Å². The Hall–Kier alpha value is -3.92. The molecule has 1 aliphatic rings. The molecule has 5 aromatic rings. The summed E-state index contributed by atoms with van der Waals surface area (Å²) in [4.78, 5) is 34.0. The van der Waals surface area contributed by atoms with Crippen LogP contribution in [0.3, 0.4) is 0 Å². The predicted molar refractivity (Wildman–Crippen MR) is 166 cm³/mol. The van der Waals surface area contributed by atoms with Crippen LogP contribution in [0.1, 0.15) is 27.6 Å². The fourth-order valence-electron chi connectivity index (χ4n) is 4.91.